The van der Waals surface area contributed by atoms with Crippen LogP contribution in [0, 0.1) is 5.92 Å². The number of carbonyl (C=O) groups excluding carboxylic acids is 1. The molecule has 1 amide bonds. The molecule has 124 valence electrons. The summed E-state index contributed by atoms with van der Waals surface area (Å²) in [5.41, 5.74) is 0. The number of hydrogen-bond acceptors (Lipinski definition) is 4. The van der Waals surface area contributed by atoms with E-state index < -0.39 is 0 Å². The van der Waals surface area contributed by atoms with E-state index in [-0.39, 0.29) is 5.91 Å². The van der Waals surface area contributed by atoms with Gasteiger partial charge in [-0.1, -0.05) is 13.8 Å². The number of anilines is 1. The molecule has 1 heterocycles. The summed E-state index contributed by atoms with van der Waals surface area (Å²) >= 11 is 1.66. The molecule has 23 heavy (non-hydrogen) atoms. The van der Waals surface area contributed by atoms with E-state index in [9.17, 15) is 4.79 Å². The van der Waals surface area contributed by atoms with Crippen molar-refractivity contribution in [3.8, 4) is 5.75 Å². The summed E-state index contributed by atoms with van der Waals surface area (Å²) in [7, 11) is 1.65. The van der Waals surface area contributed by atoms with Gasteiger partial charge in [0.15, 0.2) is 0 Å². The highest BCUT2D eigenvalue weighted by Crippen LogP contribution is 2.22. The van der Waals surface area contributed by atoms with E-state index in [1.54, 1.807) is 25.1 Å². The normalized spacial score (nSPS) is 10.8. The van der Waals surface area contributed by atoms with Gasteiger partial charge in [-0.15, -0.1) is 11.8 Å². The maximum absolute atomic E-state index is 12.1. The van der Waals surface area contributed by atoms with Gasteiger partial charge >= 0.3 is 0 Å². The number of nitrogens with zero attached hydrogens (tertiary/aromatic N) is 2. The van der Waals surface area contributed by atoms with Crippen LogP contribution in [0.1, 0.15) is 20.3 Å². The van der Waals surface area contributed by atoms with Crippen LogP contribution in [0.3, 0.4) is 0 Å². The van der Waals surface area contributed by atoms with Gasteiger partial charge in [-0.3, -0.25) is 4.79 Å². The van der Waals surface area contributed by atoms with E-state index in [0.717, 1.165) is 28.8 Å². The highest BCUT2D eigenvalue weighted by Gasteiger charge is 2.08. The number of nitrogens with one attached hydrogen (secondary N) is 1. The lowest BCUT2D eigenvalue weighted by Crippen LogP contribution is -2.17. The van der Waals surface area contributed by atoms with Crippen molar-refractivity contribution < 1.29 is 9.53 Å². The molecule has 0 saturated carbocycles. The molecule has 1 aromatic carbocycles. The Morgan fingerprint density at radius 3 is 2.70 bits per heavy atom. The van der Waals surface area contributed by atoms with Crippen molar-refractivity contribution in [2.45, 2.75) is 31.7 Å². The van der Waals surface area contributed by atoms with Crippen LogP contribution in [-0.4, -0.2) is 28.6 Å². The van der Waals surface area contributed by atoms with E-state index in [0.29, 0.717) is 12.3 Å². The van der Waals surface area contributed by atoms with Gasteiger partial charge in [0.2, 0.25) is 5.91 Å². The zero-order valence-corrected chi connectivity index (χ0v) is 14.6. The first-order valence-electron chi connectivity index (χ1n) is 7.67. The summed E-state index contributed by atoms with van der Waals surface area (Å²) < 4.78 is 6.96. The van der Waals surface area contributed by atoms with Crippen LogP contribution in [0.25, 0.3) is 0 Å². The zero-order valence-electron chi connectivity index (χ0n) is 13.8. The van der Waals surface area contributed by atoms with Crippen molar-refractivity contribution in [2.24, 2.45) is 5.92 Å². The van der Waals surface area contributed by atoms with Crippen LogP contribution in [-0.2, 0) is 11.3 Å². The monoisotopic (exact) mass is 333 g/mol. The number of thioether (sulfide) groups is 1. The van der Waals surface area contributed by atoms with Crippen molar-refractivity contribution in [3.63, 3.8) is 0 Å². The Morgan fingerprint density at radius 2 is 2.04 bits per heavy atom. The number of ether oxygens (including phenoxy) is 1. The Morgan fingerprint density at radius 1 is 1.30 bits per heavy atom. The average molecular weight is 333 g/mol. The minimum Gasteiger partial charge on any atom is -0.497 e. The molecule has 0 saturated heterocycles. The van der Waals surface area contributed by atoms with Gasteiger partial charge < -0.3 is 10.1 Å². The summed E-state index contributed by atoms with van der Waals surface area (Å²) in [6, 6.07) is 9.68. The number of aromatic nitrogens is 2. The predicted molar refractivity (Wildman–Crippen MR) is 94.0 cm³/mol. The minimum atomic E-state index is 0.0107. The maximum atomic E-state index is 12.1. The third-order valence-corrected chi connectivity index (χ3v) is 4.19. The van der Waals surface area contributed by atoms with E-state index in [4.69, 9.17) is 4.74 Å². The molecule has 2 rings (SSSR count). The molecule has 1 aromatic heterocycles. The lowest BCUT2D eigenvalue weighted by molar-refractivity contribution is -0.115. The van der Waals surface area contributed by atoms with Gasteiger partial charge in [-0.05, 0) is 30.2 Å². The Labute approximate surface area is 141 Å². The maximum Gasteiger partial charge on any atom is 0.226 e. The standard InChI is InChI=1S/C17H23N3O2S/c1-13(2)12-20-16(8-10-18-20)19-17(21)9-11-23-15-6-4-14(22-3)5-7-15/h4-8,10,13H,9,11-12H2,1-3H3,(H,19,21). The van der Waals surface area contributed by atoms with Gasteiger partial charge in [-0.25, -0.2) is 4.68 Å². The Bertz CT molecular complexity index is 623. The average Bonchev–Trinajstić information content (AvgIpc) is 2.94. The number of benzene rings is 1. The molecule has 1 N–H and O–H groups in total. The quantitative estimate of drug-likeness (QED) is 0.749. The lowest BCUT2D eigenvalue weighted by Gasteiger charge is -2.10. The number of amides is 1. The number of methoxy groups -OCH3 is 1. The smallest absolute Gasteiger partial charge is 0.226 e. The number of carbonyl (C=O) groups is 1. The lowest BCUT2D eigenvalue weighted by atomic mass is 10.2. The third kappa shape index (κ3) is 5.63. The second kappa shape index (κ2) is 8.62. The fourth-order valence-corrected chi connectivity index (χ4v) is 2.92. The molecular formula is C17H23N3O2S. The van der Waals surface area contributed by atoms with Crippen molar-refractivity contribution in [3.05, 3.63) is 36.5 Å². The first-order chi connectivity index (χ1) is 11.1. The van der Waals surface area contributed by atoms with Crippen molar-refractivity contribution >= 4 is 23.5 Å². The van der Waals surface area contributed by atoms with Crippen LogP contribution < -0.4 is 10.1 Å². The van der Waals surface area contributed by atoms with Crippen LogP contribution in [0.4, 0.5) is 5.82 Å². The second-order valence-electron chi connectivity index (χ2n) is 5.61. The van der Waals surface area contributed by atoms with E-state index in [1.165, 1.54) is 0 Å². The molecule has 0 atom stereocenters. The molecule has 2 aromatic rings. The molecule has 0 aliphatic carbocycles. The molecule has 5 nitrogen and oxygen atoms in total. The van der Waals surface area contributed by atoms with Crippen LogP contribution in [0.2, 0.25) is 0 Å². The molecule has 0 unspecified atom stereocenters. The molecule has 0 radical (unpaired) electrons. The van der Waals surface area contributed by atoms with E-state index in [2.05, 4.69) is 24.3 Å². The zero-order chi connectivity index (χ0) is 16.7. The Hall–Kier alpha value is -1.95. The Balaban J connectivity index is 1.77. The predicted octanol–water partition coefficient (Wildman–Crippen LogP) is 3.67. The molecule has 0 aliphatic rings. The highest BCUT2D eigenvalue weighted by atomic mass is 32.2. The van der Waals surface area contributed by atoms with Gasteiger partial charge in [0.05, 0.1) is 13.3 Å². The molecular weight excluding hydrogens is 310 g/mol. The van der Waals surface area contributed by atoms with Crippen molar-refractivity contribution in [1.82, 2.24) is 9.78 Å². The Kier molecular flexibility index (Phi) is 6.52. The summed E-state index contributed by atoms with van der Waals surface area (Å²) in [5.74, 6) is 2.83. The van der Waals surface area contributed by atoms with Crippen molar-refractivity contribution in [2.75, 3.05) is 18.2 Å². The van der Waals surface area contributed by atoms with E-state index in [1.807, 2.05) is 35.0 Å². The minimum absolute atomic E-state index is 0.0107. The fraction of sp³-hybridized carbons (Fsp3) is 0.412. The SMILES string of the molecule is COc1ccc(SCCC(=O)Nc2ccnn2CC(C)C)cc1. The first-order valence-corrected chi connectivity index (χ1v) is 8.65. The highest BCUT2D eigenvalue weighted by molar-refractivity contribution is 7.99. The van der Waals surface area contributed by atoms with Gasteiger partial charge in [0.1, 0.15) is 11.6 Å². The summed E-state index contributed by atoms with van der Waals surface area (Å²) in [5, 5.41) is 7.17. The third-order valence-electron chi connectivity index (χ3n) is 3.18. The molecule has 6 heteroatoms. The fourth-order valence-electron chi connectivity index (χ4n) is 2.07. The number of rotatable bonds is 8. The van der Waals surface area contributed by atoms with E-state index >= 15 is 0 Å². The molecule has 0 spiro atoms. The molecule has 0 bridgehead atoms. The van der Waals surface area contributed by atoms with Crippen LogP contribution in [0.5, 0.6) is 5.75 Å². The van der Waals surface area contributed by atoms with Gasteiger partial charge in [-0.2, -0.15) is 5.10 Å². The summed E-state index contributed by atoms with van der Waals surface area (Å²) in [6.45, 7) is 5.04. The molecule has 0 fully saturated rings. The largest absolute Gasteiger partial charge is 0.497 e. The number of hydrogen-bond donors (Lipinski definition) is 1. The van der Waals surface area contributed by atoms with Crippen molar-refractivity contribution in [1.29, 1.82) is 0 Å². The molecule has 0 aliphatic heterocycles. The van der Waals surface area contributed by atoms with Gasteiger partial charge in [0, 0.05) is 29.7 Å². The summed E-state index contributed by atoms with van der Waals surface area (Å²) in [4.78, 5) is 13.2. The summed E-state index contributed by atoms with van der Waals surface area (Å²) in [6.07, 6.45) is 2.17. The van der Waals surface area contributed by atoms with Crippen LogP contribution >= 0.6 is 11.8 Å². The first kappa shape index (κ1) is 17.4. The van der Waals surface area contributed by atoms with Gasteiger partial charge in [0.25, 0.3) is 0 Å². The van der Waals surface area contributed by atoms with Crippen LogP contribution in [0.15, 0.2) is 41.4 Å². The topological polar surface area (TPSA) is 56.1 Å². The second-order valence-corrected chi connectivity index (χ2v) is 6.78.